The van der Waals surface area contributed by atoms with Crippen molar-refractivity contribution < 1.29 is 15.0 Å². The predicted molar refractivity (Wildman–Crippen MR) is 51.9 cm³/mol. The molecule has 7 nitrogen and oxygen atoms in total. The third kappa shape index (κ3) is 2.95. The summed E-state index contributed by atoms with van der Waals surface area (Å²) in [6, 6.07) is 1.96. The van der Waals surface area contributed by atoms with Gasteiger partial charge in [0.25, 0.3) is 0 Å². The van der Waals surface area contributed by atoms with Gasteiger partial charge in [-0.3, -0.25) is 20.2 Å². The van der Waals surface area contributed by atoms with Gasteiger partial charge in [-0.05, 0) is 13.0 Å². The molecule has 0 fully saturated rings. The van der Waals surface area contributed by atoms with Crippen LogP contribution in [0.1, 0.15) is 5.56 Å². The molecular weight excluding hydrogens is 231 g/mol. The van der Waals surface area contributed by atoms with E-state index < -0.39 is 21.2 Å². The first kappa shape index (κ1) is 14.5. The van der Waals surface area contributed by atoms with Gasteiger partial charge in [0.15, 0.2) is 0 Å². The van der Waals surface area contributed by atoms with Crippen molar-refractivity contribution in [3.05, 3.63) is 37.9 Å². The molecule has 0 spiro atoms. The van der Waals surface area contributed by atoms with Crippen LogP contribution in [0.4, 0.5) is 11.4 Å². The molecular formula is C7H6KN2O5. The number of nitrogens with zero attached hydrogens (tertiary/aromatic N) is 2. The van der Waals surface area contributed by atoms with Crippen LogP contribution in [0, 0.1) is 27.2 Å². The number of hydrogen-bond acceptors (Lipinski definition) is 5. The van der Waals surface area contributed by atoms with E-state index >= 15 is 0 Å². The van der Waals surface area contributed by atoms with Gasteiger partial charge in [-0.25, -0.2) is 0 Å². The zero-order chi connectivity index (χ0) is 10.9. The first-order chi connectivity index (χ1) is 6.45. The summed E-state index contributed by atoms with van der Waals surface area (Å²) in [5, 5.41) is 30.0. The molecule has 8 heteroatoms. The molecule has 0 saturated carbocycles. The molecule has 75 valence electrons. The van der Waals surface area contributed by atoms with E-state index in [0.717, 1.165) is 12.1 Å². The summed E-state index contributed by atoms with van der Waals surface area (Å²) in [4.78, 5) is 19.2. The van der Waals surface area contributed by atoms with E-state index in [2.05, 4.69) is 0 Å². The third-order valence-corrected chi connectivity index (χ3v) is 1.76. The molecule has 0 bridgehead atoms. The minimum Gasteiger partial charge on any atom is -0.507 e. The van der Waals surface area contributed by atoms with Gasteiger partial charge in [0.2, 0.25) is 0 Å². The SMILES string of the molecule is Cc1c(O)ccc([N+](=O)[O-])c1[N+](=O)[O-].[K]. The molecule has 0 heterocycles. The summed E-state index contributed by atoms with van der Waals surface area (Å²) in [6.45, 7) is 1.25. The fraction of sp³-hybridized carbons (Fsp3) is 0.143. The van der Waals surface area contributed by atoms with Crippen molar-refractivity contribution in [2.75, 3.05) is 0 Å². The standard InChI is InChI=1S/C7H6N2O5.K/c1-4-6(10)3-2-5(8(11)12)7(4)9(13)14;/h2-3,10H,1H3;. The number of nitro groups is 2. The normalized spacial score (nSPS) is 9.13. The van der Waals surface area contributed by atoms with Crippen molar-refractivity contribution >= 4 is 62.8 Å². The van der Waals surface area contributed by atoms with Gasteiger partial charge in [0.1, 0.15) is 5.75 Å². The Bertz CT molecular complexity index is 420. The molecule has 15 heavy (non-hydrogen) atoms. The van der Waals surface area contributed by atoms with Crippen molar-refractivity contribution in [2.24, 2.45) is 0 Å². The summed E-state index contributed by atoms with van der Waals surface area (Å²) in [7, 11) is 0. The summed E-state index contributed by atoms with van der Waals surface area (Å²) in [5.74, 6) is -0.331. The van der Waals surface area contributed by atoms with Gasteiger partial charge in [0.05, 0.1) is 15.4 Å². The molecule has 0 aliphatic rings. The van der Waals surface area contributed by atoms with Crippen molar-refractivity contribution in [3.63, 3.8) is 0 Å². The van der Waals surface area contributed by atoms with E-state index in [0.29, 0.717) is 0 Å². The third-order valence-electron chi connectivity index (χ3n) is 1.76. The Morgan fingerprint density at radius 3 is 2.13 bits per heavy atom. The maximum Gasteiger partial charge on any atom is 0.352 e. The van der Waals surface area contributed by atoms with E-state index in [1.807, 2.05) is 0 Å². The number of rotatable bonds is 2. The van der Waals surface area contributed by atoms with Gasteiger partial charge >= 0.3 is 11.4 Å². The second-order valence-corrected chi connectivity index (χ2v) is 2.59. The van der Waals surface area contributed by atoms with Crippen molar-refractivity contribution in [2.45, 2.75) is 6.92 Å². The second-order valence-electron chi connectivity index (χ2n) is 2.59. The van der Waals surface area contributed by atoms with Crippen LogP contribution in [0.15, 0.2) is 12.1 Å². The fourth-order valence-electron chi connectivity index (χ4n) is 1.05. The monoisotopic (exact) mass is 237 g/mol. The van der Waals surface area contributed by atoms with Crippen LogP contribution in [-0.2, 0) is 0 Å². The summed E-state index contributed by atoms with van der Waals surface area (Å²) in [5.41, 5.74) is -1.40. The summed E-state index contributed by atoms with van der Waals surface area (Å²) >= 11 is 0. The quantitative estimate of drug-likeness (QED) is 0.471. The van der Waals surface area contributed by atoms with Crippen LogP contribution in [0.5, 0.6) is 5.75 Å². The summed E-state index contributed by atoms with van der Waals surface area (Å²) < 4.78 is 0. The molecule has 1 radical (unpaired) electrons. The molecule has 0 aliphatic heterocycles. The average Bonchev–Trinajstić information content (AvgIpc) is 2.08. The van der Waals surface area contributed by atoms with Gasteiger partial charge < -0.3 is 5.11 Å². The van der Waals surface area contributed by atoms with Crippen LogP contribution >= 0.6 is 0 Å². The number of phenolic OH excluding ortho intramolecular Hbond substituents is 1. The fourth-order valence-corrected chi connectivity index (χ4v) is 1.05. The molecule has 1 aromatic carbocycles. The van der Waals surface area contributed by atoms with Crippen molar-refractivity contribution in [3.8, 4) is 5.75 Å². The Labute approximate surface area is 127 Å². The topological polar surface area (TPSA) is 107 Å². The van der Waals surface area contributed by atoms with E-state index in [1.165, 1.54) is 6.92 Å². The maximum atomic E-state index is 10.5. The molecule has 0 unspecified atom stereocenters. The van der Waals surface area contributed by atoms with Crippen LogP contribution in [0.3, 0.4) is 0 Å². The Morgan fingerprint density at radius 2 is 1.73 bits per heavy atom. The first-order valence-electron chi connectivity index (χ1n) is 3.56. The van der Waals surface area contributed by atoms with Gasteiger partial charge in [-0.2, -0.15) is 0 Å². The largest absolute Gasteiger partial charge is 0.507 e. The van der Waals surface area contributed by atoms with E-state index in [-0.39, 0.29) is 62.7 Å². The van der Waals surface area contributed by atoms with Gasteiger partial charge in [0, 0.05) is 57.5 Å². The smallest absolute Gasteiger partial charge is 0.352 e. The molecule has 1 aromatic rings. The Balaban J connectivity index is 0.00000196. The van der Waals surface area contributed by atoms with Crippen LogP contribution in [-0.4, -0.2) is 66.3 Å². The van der Waals surface area contributed by atoms with Crippen LogP contribution in [0.25, 0.3) is 0 Å². The number of phenols is 1. The minimum absolute atomic E-state index is 0. The molecule has 0 aromatic heterocycles. The van der Waals surface area contributed by atoms with E-state index in [1.54, 1.807) is 0 Å². The number of benzene rings is 1. The number of aromatic hydroxyl groups is 1. The van der Waals surface area contributed by atoms with Crippen LogP contribution < -0.4 is 0 Å². The molecule has 0 atom stereocenters. The minimum atomic E-state index is -0.882. The van der Waals surface area contributed by atoms with Gasteiger partial charge in [-0.1, -0.05) is 0 Å². The molecule has 0 aliphatic carbocycles. The molecule has 1 N–H and O–H groups in total. The number of hydrogen-bond donors (Lipinski definition) is 1. The molecule has 0 amide bonds. The van der Waals surface area contributed by atoms with E-state index in [4.69, 9.17) is 5.11 Å². The number of nitro benzene ring substituents is 2. The van der Waals surface area contributed by atoms with Crippen LogP contribution in [0.2, 0.25) is 0 Å². The molecule has 1 rings (SSSR count). The Hall–Kier alpha value is -0.544. The second kappa shape index (κ2) is 5.52. The Kier molecular flexibility index (Phi) is 5.32. The summed E-state index contributed by atoms with van der Waals surface area (Å²) in [6.07, 6.45) is 0. The zero-order valence-electron chi connectivity index (χ0n) is 8.13. The van der Waals surface area contributed by atoms with Crippen molar-refractivity contribution in [1.29, 1.82) is 0 Å². The molecule has 0 saturated heterocycles. The predicted octanol–water partition coefficient (Wildman–Crippen LogP) is 1.14. The maximum absolute atomic E-state index is 10.5. The zero-order valence-corrected chi connectivity index (χ0v) is 11.3. The Morgan fingerprint density at radius 1 is 1.20 bits per heavy atom. The van der Waals surface area contributed by atoms with E-state index in [9.17, 15) is 20.2 Å². The average molecular weight is 237 g/mol. The first-order valence-corrected chi connectivity index (χ1v) is 3.56. The van der Waals surface area contributed by atoms with Gasteiger partial charge in [-0.15, -0.1) is 0 Å². The van der Waals surface area contributed by atoms with Crippen molar-refractivity contribution in [1.82, 2.24) is 0 Å².